The molecule has 2 aliphatic rings. The average Bonchev–Trinajstić information content (AvgIpc) is 3.30. The summed E-state index contributed by atoms with van der Waals surface area (Å²) in [6.45, 7) is 6.11. The van der Waals surface area contributed by atoms with Crippen molar-refractivity contribution in [3.8, 4) is 0 Å². The van der Waals surface area contributed by atoms with Gasteiger partial charge in [0, 0.05) is 31.6 Å². The highest BCUT2D eigenvalue weighted by Gasteiger charge is 2.48. The van der Waals surface area contributed by atoms with Crippen molar-refractivity contribution in [1.29, 1.82) is 0 Å². The molecule has 21 heavy (non-hydrogen) atoms. The van der Waals surface area contributed by atoms with Crippen LogP contribution in [-0.2, 0) is 4.79 Å². The van der Waals surface area contributed by atoms with Crippen LogP contribution in [0.1, 0.15) is 26.2 Å². The van der Waals surface area contributed by atoms with Crippen LogP contribution in [0.5, 0.6) is 0 Å². The molecule has 0 spiro atoms. The number of aromatic nitrogens is 1. The molecule has 2 fully saturated rings. The van der Waals surface area contributed by atoms with E-state index >= 15 is 0 Å². The van der Waals surface area contributed by atoms with Gasteiger partial charge >= 0.3 is 0 Å². The molecule has 1 saturated heterocycles. The van der Waals surface area contributed by atoms with Crippen molar-refractivity contribution < 1.29 is 4.79 Å². The summed E-state index contributed by atoms with van der Waals surface area (Å²) in [6.07, 6.45) is 4.78. The van der Waals surface area contributed by atoms with Gasteiger partial charge in [-0.05, 0) is 31.4 Å². The summed E-state index contributed by atoms with van der Waals surface area (Å²) in [5.41, 5.74) is 1.01. The highest BCUT2D eigenvalue weighted by atomic mass is 35.5. The minimum Gasteiger partial charge on any atom is -0.368 e. The second kappa shape index (κ2) is 6.62. The minimum absolute atomic E-state index is 0. The molecule has 1 aromatic rings. The fourth-order valence-corrected chi connectivity index (χ4v) is 2.71. The maximum Gasteiger partial charge on any atom is 0.231 e. The van der Waals surface area contributed by atoms with E-state index in [2.05, 4.69) is 27.4 Å². The van der Waals surface area contributed by atoms with E-state index in [1.165, 1.54) is 0 Å². The molecule has 0 radical (unpaired) electrons. The Balaban J connectivity index is 0.00000161. The van der Waals surface area contributed by atoms with Crippen molar-refractivity contribution in [3.05, 3.63) is 18.3 Å². The number of hydrogen-bond donors (Lipinski definition) is 2. The first-order chi connectivity index (χ1) is 9.73. The van der Waals surface area contributed by atoms with Gasteiger partial charge in [-0.2, -0.15) is 0 Å². The average molecular weight is 311 g/mol. The zero-order valence-corrected chi connectivity index (χ0v) is 13.2. The molecule has 0 unspecified atom stereocenters. The molecule has 2 N–H and O–H groups in total. The third-order valence-corrected chi connectivity index (χ3v) is 4.48. The summed E-state index contributed by atoms with van der Waals surface area (Å²) in [4.78, 5) is 18.8. The van der Waals surface area contributed by atoms with Crippen LogP contribution in [0.3, 0.4) is 0 Å². The van der Waals surface area contributed by atoms with E-state index in [4.69, 9.17) is 0 Å². The van der Waals surface area contributed by atoms with Gasteiger partial charge in [-0.15, -0.1) is 12.4 Å². The lowest BCUT2D eigenvalue weighted by molar-refractivity contribution is -0.121. The number of piperazine rings is 1. The van der Waals surface area contributed by atoms with E-state index in [-0.39, 0.29) is 23.7 Å². The van der Waals surface area contributed by atoms with Crippen molar-refractivity contribution in [3.63, 3.8) is 0 Å². The molecule has 1 amide bonds. The van der Waals surface area contributed by atoms with Crippen molar-refractivity contribution in [2.24, 2.45) is 5.41 Å². The van der Waals surface area contributed by atoms with Gasteiger partial charge < -0.3 is 15.5 Å². The smallest absolute Gasteiger partial charge is 0.231 e. The van der Waals surface area contributed by atoms with Gasteiger partial charge in [-0.3, -0.25) is 4.79 Å². The molecule has 0 aromatic carbocycles. The third kappa shape index (κ3) is 3.47. The molecule has 1 aliphatic carbocycles. The summed E-state index contributed by atoms with van der Waals surface area (Å²) >= 11 is 0. The largest absolute Gasteiger partial charge is 0.368 e. The molecule has 2 heterocycles. The van der Waals surface area contributed by atoms with E-state index in [0.29, 0.717) is 5.82 Å². The van der Waals surface area contributed by atoms with Crippen LogP contribution >= 0.6 is 12.4 Å². The number of anilines is 2. The second-order valence-electron chi connectivity index (χ2n) is 5.73. The number of halogens is 1. The third-order valence-electron chi connectivity index (χ3n) is 4.48. The van der Waals surface area contributed by atoms with E-state index in [1.807, 2.05) is 18.3 Å². The van der Waals surface area contributed by atoms with E-state index in [9.17, 15) is 4.79 Å². The molecule has 3 rings (SSSR count). The maximum absolute atomic E-state index is 12.1. The Kier molecular flexibility index (Phi) is 5.06. The van der Waals surface area contributed by atoms with Crippen LogP contribution in [0.25, 0.3) is 0 Å². The van der Waals surface area contributed by atoms with Crippen LogP contribution in [0, 0.1) is 5.41 Å². The lowest BCUT2D eigenvalue weighted by Gasteiger charge is -2.29. The predicted molar refractivity (Wildman–Crippen MR) is 87.2 cm³/mol. The van der Waals surface area contributed by atoms with Crippen LogP contribution in [-0.4, -0.2) is 37.1 Å². The first kappa shape index (κ1) is 16.0. The van der Waals surface area contributed by atoms with Gasteiger partial charge in [-0.1, -0.05) is 6.92 Å². The van der Waals surface area contributed by atoms with E-state index in [0.717, 1.165) is 51.1 Å². The van der Waals surface area contributed by atoms with Gasteiger partial charge in [0.2, 0.25) is 5.91 Å². The van der Waals surface area contributed by atoms with Crippen LogP contribution < -0.4 is 15.5 Å². The normalized spacial score (nSPS) is 19.6. The molecule has 1 aliphatic heterocycles. The lowest BCUT2D eigenvalue weighted by Crippen LogP contribution is -2.43. The Morgan fingerprint density at radius 1 is 1.38 bits per heavy atom. The van der Waals surface area contributed by atoms with Crippen molar-refractivity contribution >= 4 is 29.8 Å². The zero-order chi connectivity index (χ0) is 14.0. The molecule has 0 atom stereocenters. The Morgan fingerprint density at radius 2 is 2.10 bits per heavy atom. The molecule has 0 bridgehead atoms. The molecular formula is C15H23ClN4O. The highest BCUT2D eigenvalue weighted by Crippen LogP contribution is 2.49. The number of pyridine rings is 1. The summed E-state index contributed by atoms with van der Waals surface area (Å²) in [6, 6.07) is 3.94. The second-order valence-corrected chi connectivity index (χ2v) is 5.73. The molecule has 5 nitrogen and oxygen atoms in total. The van der Waals surface area contributed by atoms with E-state index < -0.39 is 0 Å². The highest BCUT2D eigenvalue weighted by molar-refractivity contribution is 5.96. The quantitative estimate of drug-likeness (QED) is 0.893. The first-order valence-corrected chi connectivity index (χ1v) is 7.47. The zero-order valence-electron chi connectivity index (χ0n) is 12.4. The van der Waals surface area contributed by atoms with Crippen molar-refractivity contribution in [1.82, 2.24) is 10.3 Å². The van der Waals surface area contributed by atoms with Gasteiger partial charge in [0.15, 0.2) is 0 Å². The SMILES string of the molecule is CCC1(C(=O)Nc2ccc(N3CCNCC3)cn2)CC1.Cl. The topological polar surface area (TPSA) is 57.3 Å². The predicted octanol–water partition coefficient (Wildman–Crippen LogP) is 2.04. The number of hydrogen-bond acceptors (Lipinski definition) is 4. The van der Waals surface area contributed by atoms with Crippen molar-refractivity contribution in [2.75, 3.05) is 36.4 Å². The standard InChI is InChI=1S/C15H22N4O.ClH/c1-2-15(5-6-15)14(20)18-13-4-3-12(11-17-13)19-9-7-16-8-10-19;/h3-4,11,16H,2,5-10H2,1H3,(H,17,18,20);1H. The lowest BCUT2D eigenvalue weighted by atomic mass is 10.0. The van der Waals surface area contributed by atoms with Crippen molar-refractivity contribution in [2.45, 2.75) is 26.2 Å². The van der Waals surface area contributed by atoms with Gasteiger partial charge in [-0.25, -0.2) is 4.98 Å². The molecular weight excluding hydrogens is 288 g/mol. The van der Waals surface area contributed by atoms with Gasteiger partial charge in [0.1, 0.15) is 5.82 Å². The Morgan fingerprint density at radius 3 is 2.62 bits per heavy atom. The van der Waals surface area contributed by atoms with Crippen LogP contribution in [0.2, 0.25) is 0 Å². The maximum atomic E-state index is 12.1. The fraction of sp³-hybridized carbons (Fsp3) is 0.600. The molecule has 6 heteroatoms. The van der Waals surface area contributed by atoms with E-state index in [1.54, 1.807) is 0 Å². The summed E-state index contributed by atoms with van der Waals surface area (Å²) in [5, 5.41) is 6.28. The number of nitrogens with zero attached hydrogens (tertiary/aromatic N) is 2. The summed E-state index contributed by atoms with van der Waals surface area (Å²) in [5.74, 6) is 0.788. The Labute approximate surface area is 131 Å². The number of carbonyl (C=O) groups is 1. The minimum atomic E-state index is -0.112. The molecule has 116 valence electrons. The first-order valence-electron chi connectivity index (χ1n) is 7.47. The molecule has 1 saturated carbocycles. The fourth-order valence-electron chi connectivity index (χ4n) is 2.71. The van der Waals surface area contributed by atoms with Crippen LogP contribution in [0.4, 0.5) is 11.5 Å². The summed E-state index contributed by atoms with van der Waals surface area (Å²) < 4.78 is 0. The molecule has 1 aromatic heterocycles. The summed E-state index contributed by atoms with van der Waals surface area (Å²) in [7, 11) is 0. The Hall–Kier alpha value is -1.33. The number of amides is 1. The monoisotopic (exact) mass is 310 g/mol. The number of nitrogens with one attached hydrogen (secondary N) is 2. The van der Waals surface area contributed by atoms with Gasteiger partial charge in [0.25, 0.3) is 0 Å². The van der Waals surface area contributed by atoms with Crippen LogP contribution in [0.15, 0.2) is 18.3 Å². The van der Waals surface area contributed by atoms with Gasteiger partial charge in [0.05, 0.1) is 11.9 Å². The number of carbonyl (C=O) groups excluding carboxylic acids is 1. The number of rotatable bonds is 4. The Bertz CT molecular complexity index is 481.